The van der Waals surface area contributed by atoms with E-state index in [-0.39, 0.29) is 11.3 Å². The number of halogens is 3. The van der Waals surface area contributed by atoms with E-state index in [0.717, 1.165) is 12.1 Å². The van der Waals surface area contributed by atoms with Crippen molar-refractivity contribution in [1.82, 2.24) is 5.16 Å². The Labute approximate surface area is 103 Å². The van der Waals surface area contributed by atoms with Crippen LogP contribution in [0.5, 0.6) is 5.75 Å². The van der Waals surface area contributed by atoms with Crippen molar-refractivity contribution in [3.63, 3.8) is 0 Å². The molecule has 0 saturated carbocycles. The maximum absolute atomic E-state index is 12.6. The minimum Gasteiger partial charge on any atom is -0.507 e. The lowest BCUT2D eigenvalue weighted by molar-refractivity contribution is -0.138. The second-order valence-electron chi connectivity index (χ2n) is 3.61. The highest BCUT2D eigenvalue weighted by Gasteiger charge is 2.34. The highest BCUT2D eigenvalue weighted by Crippen LogP contribution is 2.37. The summed E-state index contributed by atoms with van der Waals surface area (Å²) in [6.07, 6.45) is -4.72. The molecule has 0 unspecified atom stereocenters. The van der Waals surface area contributed by atoms with Crippen molar-refractivity contribution in [1.29, 1.82) is 0 Å². The number of alkyl halides is 3. The Balaban J connectivity index is 2.48. The van der Waals surface area contributed by atoms with Gasteiger partial charge in [0.15, 0.2) is 0 Å². The number of aromatic hydroxyl groups is 1. The number of carbonyl (C=O) groups is 1. The lowest BCUT2D eigenvalue weighted by Gasteiger charge is -2.09. The number of phenols is 1. The summed E-state index contributed by atoms with van der Waals surface area (Å²) in [5.74, 6) is -2.79. The largest absolute Gasteiger partial charge is 0.507 e. The average molecular weight is 273 g/mol. The van der Waals surface area contributed by atoms with E-state index in [2.05, 4.69) is 9.68 Å². The van der Waals surface area contributed by atoms with Gasteiger partial charge in [0.05, 0.1) is 5.56 Å². The number of carboxylic acids is 1. The zero-order valence-electron chi connectivity index (χ0n) is 9.10. The zero-order valence-corrected chi connectivity index (χ0v) is 9.10. The molecule has 1 heterocycles. The van der Waals surface area contributed by atoms with Crippen LogP contribution in [0.15, 0.2) is 28.8 Å². The third kappa shape index (κ3) is 2.51. The van der Waals surface area contributed by atoms with Crippen LogP contribution >= 0.6 is 0 Å². The van der Waals surface area contributed by atoms with E-state index in [4.69, 9.17) is 10.2 Å². The number of phenolic OH excluding ortho intramolecular Hbond substituents is 1. The predicted molar refractivity (Wildman–Crippen MR) is 55.6 cm³/mol. The molecule has 2 aromatic rings. The number of nitrogens with zero attached hydrogens (tertiary/aromatic N) is 1. The Hall–Kier alpha value is -2.51. The monoisotopic (exact) mass is 273 g/mol. The van der Waals surface area contributed by atoms with Crippen LogP contribution in [0.25, 0.3) is 11.3 Å². The van der Waals surface area contributed by atoms with Crippen molar-refractivity contribution < 1.29 is 32.7 Å². The molecule has 1 aromatic heterocycles. The summed E-state index contributed by atoms with van der Waals surface area (Å²) in [7, 11) is 0. The van der Waals surface area contributed by atoms with Gasteiger partial charge < -0.3 is 14.7 Å². The molecular weight excluding hydrogens is 267 g/mol. The molecule has 0 atom stereocenters. The van der Waals surface area contributed by atoms with Gasteiger partial charge in [-0.2, -0.15) is 13.2 Å². The standard InChI is InChI=1S/C11H6F3NO4/c12-11(13,14)6-3-5(1-2-8(6)16)7-4-9(10(17)18)19-15-7/h1-4,16H,(H,17,18). The number of hydrogen-bond donors (Lipinski definition) is 2. The van der Waals surface area contributed by atoms with E-state index in [1.807, 2.05) is 0 Å². The Morgan fingerprint density at radius 3 is 2.47 bits per heavy atom. The van der Waals surface area contributed by atoms with Crippen molar-refractivity contribution in [2.75, 3.05) is 0 Å². The number of benzene rings is 1. The quantitative estimate of drug-likeness (QED) is 0.878. The molecule has 0 radical (unpaired) electrons. The van der Waals surface area contributed by atoms with E-state index in [1.54, 1.807) is 0 Å². The Kier molecular flexibility index (Phi) is 2.93. The summed E-state index contributed by atoms with van der Waals surface area (Å²) in [5, 5.41) is 21.1. The van der Waals surface area contributed by atoms with Crippen LogP contribution in [0.4, 0.5) is 13.2 Å². The van der Waals surface area contributed by atoms with Crippen LogP contribution in [-0.4, -0.2) is 21.3 Å². The molecule has 0 aliphatic carbocycles. The van der Waals surface area contributed by atoms with Gasteiger partial charge in [-0.1, -0.05) is 5.16 Å². The topological polar surface area (TPSA) is 83.6 Å². The van der Waals surface area contributed by atoms with Gasteiger partial charge in [-0.05, 0) is 18.2 Å². The molecule has 2 rings (SSSR count). The van der Waals surface area contributed by atoms with Crippen LogP contribution in [0.3, 0.4) is 0 Å². The fourth-order valence-corrected chi connectivity index (χ4v) is 1.43. The smallest absolute Gasteiger partial charge is 0.419 e. The molecule has 0 fully saturated rings. The van der Waals surface area contributed by atoms with Gasteiger partial charge in [-0.15, -0.1) is 0 Å². The lowest BCUT2D eigenvalue weighted by Crippen LogP contribution is -2.05. The van der Waals surface area contributed by atoms with E-state index >= 15 is 0 Å². The Morgan fingerprint density at radius 2 is 1.95 bits per heavy atom. The minimum atomic E-state index is -4.72. The molecule has 8 heteroatoms. The van der Waals surface area contributed by atoms with Crippen LogP contribution in [0.1, 0.15) is 16.1 Å². The first-order valence-corrected chi connectivity index (χ1v) is 4.89. The zero-order chi connectivity index (χ0) is 14.2. The third-order valence-electron chi connectivity index (χ3n) is 2.32. The number of carboxylic acid groups (broad SMARTS) is 1. The molecule has 1 aromatic carbocycles. The molecule has 0 amide bonds. The lowest BCUT2D eigenvalue weighted by atomic mass is 10.1. The third-order valence-corrected chi connectivity index (χ3v) is 2.32. The van der Waals surface area contributed by atoms with Gasteiger partial charge in [-0.3, -0.25) is 0 Å². The number of hydrogen-bond acceptors (Lipinski definition) is 4. The molecule has 5 nitrogen and oxygen atoms in total. The van der Waals surface area contributed by atoms with Crippen LogP contribution in [-0.2, 0) is 6.18 Å². The van der Waals surface area contributed by atoms with Gasteiger partial charge in [-0.25, -0.2) is 4.79 Å². The first kappa shape index (κ1) is 12.9. The second kappa shape index (κ2) is 4.30. The molecule has 0 bridgehead atoms. The molecular formula is C11H6F3NO4. The van der Waals surface area contributed by atoms with Crippen molar-refractivity contribution in [3.8, 4) is 17.0 Å². The maximum atomic E-state index is 12.6. The highest BCUT2D eigenvalue weighted by atomic mass is 19.4. The minimum absolute atomic E-state index is 0.0126. The molecule has 0 aliphatic heterocycles. The van der Waals surface area contributed by atoms with Crippen molar-refractivity contribution >= 4 is 5.97 Å². The predicted octanol–water partition coefficient (Wildman–Crippen LogP) is 2.76. The van der Waals surface area contributed by atoms with E-state index in [9.17, 15) is 18.0 Å². The van der Waals surface area contributed by atoms with E-state index in [0.29, 0.717) is 6.07 Å². The normalized spacial score (nSPS) is 11.5. The summed E-state index contributed by atoms with van der Waals surface area (Å²) in [6.45, 7) is 0. The van der Waals surface area contributed by atoms with Crippen LogP contribution in [0.2, 0.25) is 0 Å². The number of aromatic carboxylic acids is 1. The van der Waals surface area contributed by atoms with E-state index in [1.165, 1.54) is 6.07 Å². The van der Waals surface area contributed by atoms with E-state index < -0.39 is 29.2 Å². The first-order chi connectivity index (χ1) is 8.79. The van der Waals surface area contributed by atoms with Gasteiger partial charge >= 0.3 is 12.1 Å². The van der Waals surface area contributed by atoms with Crippen LogP contribution < -0.4 is 0 Å². The maximum Gasteiger partial charge on any atom is 0.419 e. The average Bonchev–Trinajstić information content (AvgIpc) is 2.77. The van der Waals surface area contributed by atoms with Crippen molar-refractivity contribution in [2.45, 2.75) is 6.18 Å². The molecule has 2 N–H and O–H groups in total. The summed E-state index contributed by atoms with van der Waals surface area (Å²) in [4.78, 5) is 10.6. The van der Waals surface area contributed by atoms with Gasteiger partial charge in [0, 0.05) is 11.6 Å². The fourth-order valence-electron chi connectivity index (χ4n) is 1.43. The number of aromatic nitrogens is 1. The Morgan fingerprint density at radius 1 is 1.26 bits per heavy atom. The van der Waals surface area contributed by atoms with Crippen molar-refractivity contribution in [2.24, 2.45) is 0 Å². The highest BCUT2D eigenvalue weighted by molar-refractivity contribution is 5.85. The number of rotatable bonds is 2. The van der Waals surface area contributed by atoms with Gasteiger partial charge in [0.1, 0.15) is 11.4 Å². The van der Waals surface area contributed by atoms with Gasteiger partial charge in [0.25, 0.3) is 0 Å². The summed E-state index contributed by atoms with van der Waals surface area (Å²) < 4.78 is 42.2. The summed E-state index contributed by atoms with van der Waals surface area (Å²) in [5.41, 5.74) is -1.31. The first-order valence-electron chi connectivity index (χ1n) is 4.89. The van der Waals surface area contributed by atoms with Crippen LogP contribution in [0, 0.1) is 0 Å². The second-order valence-corrected chi connectivity index (χ2v) is 3.61. The summed E-state index contributed by atoms with van der Waals surface area (Å²) >= 11 is 0. The SMILES string of the molecule is O=C(O)c1cc(-c2ccc(O)c(C(F)(F)F)c2)no1. The summed E-state index contributed by atoms with van der Waals surface area (Å²) in [6, 6.07) is 3.69. The molecule has 0 saturated heterocycles. The molecule has 0 aliphatic rings. The van der Waals surface area contributed by atoms with Gasteiger partial charge in [0.2, 0.25) is 5.76 Å². The fraction of sp³-hybridized carbons (Fsp3) is 0.0909. The van der Waals surface area contributed by atoms with Crippen molar-refractivity contribution in [3.05, 3.63) is 35.6 Å². The molecule has 19 heavy (non-hydrogen) atoms. The Bertz CT molecular complexity index is 633. The molecule has 100 valence electrons. The molecule has 0 spiro atoms.